The maximum absolute atomic E-state index is 12.6. The molecule has 8 heteroatoms. The zero-order valence-corrected chi connectivity index (χ0v) is 17.5. The Morgan fingerprint density at radius 2 is 1.83 bits per heavy atom. The molecule has 0 aliphatic rings. The Hall–Kier alpha value is -3.29. The highest BCUT2D eigenvalue weighted by atomic mass is 16.2. The Bertz CT molecular complexity index is 1050. The Morgan fingerprint density at radius 1 is 1.14 bits per heavy atom. The SMILES string of the molecule is Cc1cccc(C)c1NC(=O)CN(C)C(=O)CCc1c(C)nc2ncnn2c1C. The molecule has 3 rings (SSSR count). The van der Waals surface area contributed by atoms with Gasteiger partial charge in [-0.25, -0.2) is 9.50 Å². The van der Waals surface area contributed by atoms with Gasteiger partial charge >= 0.3 is 0 Å². The molecule has 1 N–H and O–H groups in total. The second-order valence-corrected chi connectivity index (χ2v) is 7.30. The van der Waals surface area contributed by atoms with Gasteiger partial charge in [0.2, 0.25) is 11.8 Å². The lowest BCUT2D eigenvalue weighted by Gasteiger charge is -2.18. The van der Waals surface area contributed by atoms with Gasteiger partial charge in [-0.15, -0.1) is 0 Å². The maximum atomic E-state index is 12.6. The first-order chi connectivity index (χ1) is 13.8. The maximum Gasteiger partial charge on any atom is 0.252 e. The van der Waals surface area contributed by atoms with Crippen LogP contribution >= 0.6 is 0 Å². The molecular weight excluding hydrogens is 368 g/mol. The number of para-hydroxylation sites is 1. The number of rotatable bonds is 6. The van der Waals surface area contributed by atoms with Crippen molar-refractivity contribution in [3.05, 3.63) is 52.6 Å². The van der Waals surface area contributed by atoms with Crippen LogP contribution in [0.5, 0.6) is 0 Å². The summed E-state index contributed by atoms with van der Waals surface area (Å²) >= 11 is 0. The van der Waals surface area contributed by atoms with Crippen molar-refractivity contribution in [2.24, 2.45) is 0 Å². The normalized spacial score (nSPS) is 10.9. The minimum atomic E-state index is -0.212. The summed E-state index contributed by atoms with van der Waals surface area (Å²) in [4.78, 5) is 35.0. The van der Waals surface area contributed by atoms with Crippen LogP contribution in [0.4, 0.5) is 5.69 Å². The lowest BCUT2D eigenvalue weighted by atomic mass is 10.1. The number of hydrogen-bond acceptors (Lipinski definition) is 5. The number of benzene rings is 1. The highest BCUT2D eigenvalue weighted by Gasteiger charge is 2.17. The molecule has 2 amide bonds. The summed E-state index contributed by atoms with van der Waals surface area (Å²) in [6.07, 6.45) is 2.28. The van der Waals surface area contributed by atoms with Crippen molar-refractivity contribution in [1.82, 2.24) is 24.5 Å². The number of nitrogens with one attached hydrogen (secondary N) is 1. The second kappa shape index (κ2) is 8.38. The standard InChI is InChI=1S/C21H26N6O2/c1-13-7-6-8-14(2)20(13)25-18(28)11-26(5)19(29)10-9-17-15(3)24-21-22-12-23-27(21)16(17)4/h6-8,12H,9-11H2,1-5H3,(H,25,28). The van der Waals surface area contributed by atoms with Gasteiger partial charge in [-0.3, -0.25) is 9.59 Å². The number of amides is 2. The van der Waals surface area contributed by atoms with Crippen LogP contribution in [0, 0.1) is 27.7 Å². The summed E-state index contributed by atoms with van der Waals surface area (Å²) in [6, 6.07) is 5.84. The third kappa shape index (κ3) is 4.42. The predicted octanol–water partition coefficient (Wildman–Crippen LogP) is 2.39. The zero-order chi connectivity index (χ0) is 21.1. The highest BCUT2D eigenvalue weighted by Crippen LogP contribution is 2.19. The van der Waals surface area contributed by atoms with Crippen LogP contribution in [-0.2, 0) is 16.0 Å². The van der Waals surface area contributed by atoms with E-state index >= 15 is 0 Å². The fourth-order valence-electron chi connectivity index (χ4n) is 3.43. The van der Waals surface area contributed by atoms with Gasteiger partial charge in [0.1, 0.15) is 6.33 Å². The minimum absolute atomic E-state index is 0.00489. The summed E-state index contributed by atoms with van der Waals surface area (Å²) in [7, 11) is 1.64. The molecule has 0 atom stereocenters. The topological polar surface area (TPSA) is 92.5 Å². The molecular formula is C21H26N6O2. The van der Waals surface area contributed by atoms with Crippen molar-refractivity contribution in [2.75, 3.05) is 18.9 Å². The Labute approximate surface area is 170 Å². The summed E-state index contributed by atoms with van der Waals surface area (Å²) in [6.45, 7) is 7.75. The van der Waals surface area contributed by atoms with E-state index < -0.39 is 0 Å². The molecule has 0 unspecified atom stereocenters. The molecule has 0 bridgehead atoms. The second-order valence-electron chi connectivity index (χ2n) is 7.30. The fraction of sp³-hybridized carbons (Fsp3) is 0.381. The van der Waals surface area contributed by atoms with E-state index in [2.05, 4.69) is 20.4 Å². The molecule has 0 aliphatic carbocycles. The lowest BCUT2D eigenvalue weighted by molar-refractivity contribution is -0.133. The number of aryl methyl sites for hydroxylation is 4. The lowest BCUT2D eigenvalue weighted by Crippen LogP contribution is -2.35. The van der Waals surface area contributed by atoms with Crippen LogP contribution in [0.3, 0.4) is 0 Å². The van der Waals surface area contributed by atoms with Gasteiger partial charge in [0.25, 0.3) is 5.78 Å². The molecule has 29 heavy (non-hydrogen) atoms. The number of aromatic nitrogens is 4. The molecule has 8 nitrogen and oxygen atoms in total. The van der Waals surface area contributed by atoms with Crippen molar-refractivity contribution in [3.8, 4) is 0 Å². The average Bonchev–Trinajstić information content (AvgIpc) is 3.13. The number of carbonyl (C=O) groups is 2. The van der Waals surface area contributed by atoms with Crippen molar-refractivity contribution < 1.29 is 9.59 Å². The van der Waals surface area contributed by atoms with E-state index in [1.165, 1.54) is 11.2 Å². The first kappa shape index (κ1) is 20.4. The Morgan fingerprint density at radius 3 is 2.52 bits per heavy atom. The molecule has 0 spiro atoms. The first-order valence-electron chi connectivity index (χ1n) is 9.53. The van der Waals surface area contributed by atoms with Crippen LogP contribution < -0.4 is 5.32 Å². The Balaban J connectivity index is 1.60. The van der Waals surface area contributed by atoms with Gasteiger partial charge in [-0.2, -0.15) is 10.1 Å². The first-order valence-corrected chi connectivity index (χ1v) is 9.53. The van der Waals surface area contributed by atoms with Crippen molar-refractivity contribution in [1.29, 1.82) is 0 Å². The Kier molecular flexibility index (Phi) is 5.91. The van der Waals surface area contributed by atoms with E-state index in [-0.39, 0.29) is 24.8 Å². The quantitative estimate of drug-likeness (QED) is 0.693. The minimum Gasteiger partial charge on any atom is -0.336 e. The van der Waals surface area contributed by atoms with Gasteiger partial charge in [-0.1, -0.05) is 18.2 Å². The van der Waals surface area contributed by atoms with Gasteiger partial charge in [0.05, 0.1) is 6.54 Å². The molecule has 0 radical (unpaired) electrons. The number of nitrogens with zero attached hydrogens (tertiary/aromatic N) is 5. The van der Waals surface area contributed by atoms with Crippen LogP contribution in [0.25, 0.3) is 5.78 Å². The number of hydrogen-bond donors (Lipinski definition) is 1. The fourth-order valence-corrected chi connectivity index (χ4v) is 3.43. The molecule has 2 aromatic heterocycles. The monoisotopic (exact) mass is 394 g/mol. The molecule has 0 fully saturated rings. The predicted molar refractivity (Wildman–Crippen MR) is 111 cm³/mol. The molecule has 0 aliphatic heterocycles. The van der Waals surface area contributed by atoms with Crippen LogP contribution in [0.2, 0.25) is 0 Å². The zero-order valence-electron chi connectivity index (χ0n) is 17.5. The van der Waals surface area contributed by atoms with E-state index in [9.17, 15) is 9.59 Å². The number of fused-ring (bicyclic) bond motifs is 1. The van der Waals surface area contributed by atoms with Crippen molar-refractivity contribution in [3.63, 3.8) is 0 Å². The van der Waals surface area contributed by atoms with Gasteiger partial charge < -0.3 is 10.2 Å². The highest BCUT2D eigenvalue weighted by molar-refractivity contribution is 5.95. The van der Waals surface area contributed by atoms with E-state index in [1.54, 1.807) is 11.6 Å². The summed E-state index contributed by atoms with van der Waals surface area (Å²) < 4.78 is 1.68. The third-order valence-corrected chi connectivity index (χ3v) is 5.13. The number of anilines is 1. The molecule has 2 heterocycles. The molecule has 0 saturated heterocycles. The largest absolute Gasteiger partial charge is 0.336 e. The van der Waals surface area contributed by atoms with E-state index in [0.717, 1.165) is 33.8 Å². The summed E-state index contributed by atoms with van der Waals surface area (Å²) in [5, 5.41) is 7.08. The molecule has 152 valence electrons. The third-order valence-electron chi connectivity index (χ3n) is 5.13. The van der Waals surface area contributed by atoms with Gasteiger partial charge in [-0.05, 0) is 50.8 Å². The van der Waals surface area contributed by atoms with Crippen molar-refractivity contribution >= 4 is 23.3 Å². The van der Waals surface area contributed by atoms with Crippen molar-refractivity contribution in [2.45, 2.75) is 40.5 Å². The molecule has 1 aromatic carbocycles. The average molecular weight is 394 g/mol. The summed E-state index contributed by atoms with van der Waals surface area (Å²) in [5.41, 5.74) is 5.53. The number of carbonyl (C=O) groups excluding carboxylic acids is 2. The summed E-state index contributed by atoms with van der Waals surface area (Å²) in [5.74, 6) is 0.242. The molecule has 0 saturated carbocycles. The van der Waals surface area contributed by atoms with Crippen LogP contribution in [0.15, 0.2) is 24.5 Å². The van der Waals surface area contributed by atoms with E-state index in [1.807, 2.05) is 45.9 Å². The van der Waals surface area contributed by atoms with E-state index in [4.69, 9.17) is 0 Å². The smallest absolute Gasteiger partial charge is 0.252 e. The van der Waals surface area contributed by atoms with Gasteiger partial charge in [0.15, 0.2) is 0 Å². The van der Waals surface area contributed by atoms with Gasteiger partial charge in [0, 0.05) is 30.5 Å². The van der Waals surface area contributed by atoms with Crippen LogP contribution in [0.1, 0.15) is 34.5 Å². The van der Waals surface area contributed by atoms with Crippen LogP contribution in [-0.4, -0.2) is 49.9 Å². The van der Waals surface area contributed by atoms with E-state index in [0.29, 0.717) is 12.2 Å². The number of likely N-dealkylation sites (N-methyl/N-ethyl adjacent to an activating group) is 1. The molecule has 3 aromatic rings.